The van der Waals surface area contributed by atoms with Gasteiger partial charge >= 0.3 is 0 Å². The van der Waals surface area contributed by atoms with E-state index in [-0.39, 0.29) is 0 Å². The molecule has 172 valence electrons. The molecule has 0 saturated carbocycles. The van der Waals surface area contributed by atoms with Crippen LogP contribution in [0.4, 0.5) is 11.8 Å². The molecule has 0 unspecified atom stereocenters. The van der Waals surface area contributed by atoms with E-state index < -0.39 is 0 Å². The summed E-state index contributed by atoms with van der Waals surface area (Å²) >= 11 is 5.49. The summed E-state index contributed by atoms with van der Waals surface area (Å²) in [6.45, 7) is 4.77. The molecule has 0 radical (unpaired) electrons. The van der Waals surface area contributed by atoms with Crippen molar-refractivity contribution in [3.8, 4) is 17.4 Å². The van der Waals surface area contributed by atoms with Gasteiger partial charge in [0.25, 0.3) is 0 Å². The maximum absolute atomic E-state index is 6.02. The van der Waals surface area contributed by atoms with E-state index in [1.807, 2.05) is 60.7 Å². The zero-order chi connectivity index (χ0) is 23.0. The van der Waals surface area contributed by atoms with Gasteiger partial charge in [0.05, 0.1) is 7.11 Å². The number of nitrogens with zero attached hydrogens (tertiary/aromatic N) is 3. The number of aromatic nitrogens is 2. The van der Waals surface area contributed by atoms with Crippen molar-refractivity contribution < 1.29 is 9.47 Å². The Bertz CT molecular complexity index is 1060. The number of thiocarbonyl (C=S) groups is 1. The van der Waals surface area contributed by atoms with Gasteiger partial charge < -0.3 is 25.0 Å². The van der Waals surface area contributed by atoms with Gasteiger partial charge in [-0.1, -0.05) is 37.3 Å². The highest BCUT2D eigenvalue weighted by atomic mass is 32.1. The molecule has 0 bridgehead atoms. The van der Waals surface area contributed by atoms with Crippen LogP contribution in [-0.2, 0) is 6.54 Å². The van der Waals surface area contributed by atoms with Crippen molar-refractivity contribution in [1.29, 1.82) is 0 Å². The highest BCUT2D eigenvalue weighted by Gasteiger charge is 2.20. The van der Waals surface area contributed by atoms with Crippen LogP contribution in [0.15, 0.2) is 60.7 Å². The lowest BCUT2D eigenvalue weighted by Gasteiger charge is -2.32. The van der Waals surface area contributed by atoms with Crippen molar-refractivity contribution in [2.75, 3.05) is 30.4 Å². The number of piperidine rings is 1. The summed E-state index contributed by atoms with van der Waals surface area (Å²) < 4.78 is 11.2. The molecule has 3 aromatic rings. The van der Waals surface area contributed by atoms with Crippen LogP contribution >= 0.6 is 12.2 Å². The van der Waals surface area contributed by atoms with E-state index in [9.17, 15) is 0 Å². The molecule has 0 aliphatic carbocycles. The minimum Gasteiger partial charge on any atom is -0.497 e. The Balaban J connectivity index is 1.48. The summed E-state index contributed by atoms with van der Waals surface area (Å²) in [5.41, 5.74) is 1.09. The second kappa shape index (κ2) is 11.0. The molecule has 2 heterocycles. The molecule has 0 amide bonds. The maximum atomic E-state index is 6.02. The molecule has 1 aromatic heterocycles. The SMILES string of the molecule is COc1ccc(CNC(=S)Nc2nc(Oc3ccccc3)cc(N3CCC[C@@H](C)C3)n2)cc1. The predicted molar refractivity (Wildman–Crippen MR) is 135 cm³/mol. The third kappa shape index (κ3) is 6.55. The molecule has 2 N–H and O–H groups in total. The van der Waals surface area contributed by atoms with Crippen LogP contribution in [0.1, 0.15) is 25.3 Å². The standard InChI is InChI=1S/C25H29N5O2S/c1-18-7-6-14-30(17-18)22-15-23(32-21-8-4-3-5-9-21)28-24(27-22)29-25(33)26-16-19-10-12-20(31-2)13-11-19/h3-5,8-13,15,18H,6-7,14,16-17H2,1-2H3,(H2,26,27,28,29,33)/t18-/m1/s1. The zero-order valence-corrected chi connectivity index (χ0v) is 19.8. The van der Waals surface area contributed by atoms with E-state index in [2.05, 4.69) is 27.4 Å². The molecule has 8 heteroatoms. The van der Waals surface area contributed by atoms with Gasteiger partial charge in [0.1, 0.15) is 17.3 Å². The second-order valence-electron chi connectivity index (χ2n) is 8.15. The maximum Gasteiger partial charge on any atom is 0.234 e. The topological polar surface area (TPSA) is 71.5 Å². The summed E-state index contributed by atoms with van der Waals surface area (Å²) in [5.74, 6) is 3.88. The van der Waals surface area contributed by atoms with Crippen LogP contribution < -0.4 is 25.0 Å². The molecule has 1 fully saturated rings. The Morgan fingerprint density at radius 3 is 2.61 bits per heavy atom. The van der Waals surface area contributed by atoms with Crippen molar-refractivity contribution >= 4 is 29.1 Å². The fraction of sp³-hybridized carbons (Fsp3) is 0.320. The van der Waals surface area contributed by atoms with E-state index in [0.717, 1.165) is 42.4 Å². The lowest BCUT2D eigenvalue weighted by Crippen LogP contribution is -2.35. The van der Waals surface area contributed by atoms with Crippen molar-refractivity contribution in [3.05, 3.63) is 66.2 Å². The molecule has 1 aliphatic rings. The third-order valence-corrected chi connectivity index (χ3v) is 5.72. The fourth-order valence-corrected chi connectivity index (χ4v) is 3.92. The van der Waals surface area contributed by atoms with Crippen LogP contribution in [0.5, 0.6) is 17.4 Å². The van der Waals surface area contributed by atoms with Crippen molar-refractivity contribution in [2.24, 2.45) is 5.92 Å². The van der Waals surface area contributed by atoms with Gasteiger partial charge in [-0.2, -0.15) is 9.97 Å². The van der Waals surface area contributed by atoms with Crippen molar-refractivity contribution in [3.63, 3.8) is 0 Å². The normalized spacial score (nSPS) is 15.6. The van der Waals surface area contributed by atoms with Crippen LogP contribution in [-0.4, -0.2) is 35.3 Å². The smallest absolute Gasteiger partial charge is 0.234 e. The van der Waals surface area contributed by atoms with Gasteiger partial charge in [-0.25, -0.2) is 0 Å². The number of rotatable bonds is 7. The highest BCUT2D eigenvalue weighted by Crippen LogP contribution is 2.27. The summed E-state index contributed by atoms with van der Waals surface area (Å²) in [6, 6.07) is 19.3. The number of nitrogens with one attached hydrogen (secondary N) is 2. The molecule has 4 rings (SSSR count). The van der Waals surface area contributed by atoms with Gasteiger partial charge in [-0.3, -0.25) is 0 Å². The first-order valence-corrected chi connectivity index (χ1v) is 11.5. The summed E-state index contributed by atoms with van der Waals surface area (Å²) in [4.78, 5) is 11.6. The first kappa shape index (κ1) is 22.8. The lowest BCUT2D eigenvalue weighted by molar-refractivity contribution is 0.414. The van der Waals surface area contributed by atoms with Crippen LogP contribution in [0.25, 0.3) is 0 Å². The highest BCUT2D eigenvalue weighted by molar-refractivity contribution is 7.80. The first-order chi connectivity index (χ1) is 16.1. The number of hydrogen-bond donors (Lipinski definition) is 2. The molecular formula is C25H29N5O2S. The summed E-state index contributed by atoms with van der Waals surface area (Å²) in [7, 11) is 1.65. The minimum atomic E-state index is 0.406. The average Bonchev–Trinajstić information content (AvgIpc) is 2.83. The third-order valence-electron chi connectivity index (χ3n) is 5.47. The number of methoxy groups -OCH3 is 1. The number of ether oxygens (including phenoxy) is 2. The molecule has 1 aliphatic heterocycles. The summed E-state index contributed by atoms with van der Waals surface area (Å²) in [5, 5.41) is 6.77. The van der Waals surface area contributed by atoms with E-state index >= 15 is 0 Å². The van der Waals surface area contributed by atoms with E-state index in [0.29, 0.717) is 29.4 Å². The Morgan fingerprint density at radius 2 is 1.88 bits per heavy atom. The number of hydrogen-bond acceptors (Lipinski definition) is 6. The zero-order valence-electron chi connectivity index (χ0n) is 19.0. The lowest BCUT2D eigenvalue weighted by atomic mass is 10.0. The van der Waals surface area contributed by atoms with E-state index in [4.69, 9.17) is 26.7 Å². The number of para-hydroxylation sites is 1. The first-order valence-electron chi connectivity index (χ1n) is 11.1. The average molecular weight is 464 g/mol. The van der Waals surface area contributed by atoms with Crippen molar-refractivity contribution in [1.82, 2.24) is 15.3 Å². The number of benzene rings is 2. The molecule has 1 atom stereocenters. The van der Waals surface area contributed by atoms with Gasteiger partial charge in [0, 0.05) is 25.7 Å². The van der Waals surface area contributed by atoms with Crippen LogP contribution in [0, 0.1) is 5.92 Å². The van der Waals surface area contributed by atoms with Gasteiger partial charge in [-0.05, 0) is 60.8 Å². The largest absolute Gasteiger partial charge is 0.497 e. The molecule has 33 heavy (non-hydrogen) atoms. The predicted octanol–water partition coefficient (Wildman–Crippen LogP) is 5.00. The molecule has 1 saturated heterocycles. The Kier molecular flexibility index (Phi) is 7.57. The summed E-state index contributed by atoms with van der Waals surface area (Å²) in [6.07, 6.45) is 2.38. The molecule has 0 spiro atoms. The van der Waals surface area contributed by atoms with Crippen LogP contribution in [0.2, 0.25) is 0 Å². The van der Waals surface area contributed by atoms with Crippen LogP contribution in [0.3, 0.4) is 0 Å². The Hall–Kier alpha value is -3.39. The molecular weight excluding hydrogens is 434 g/mol. The second-order valence-corrected chi connectivity index (χ2v) is 8.56. The quantitative estimate of drug-likeness (QED) is 0.475. The Morgan fingerprint density at radius 1 is 1.09 bits per heavy atom. The minimum absolute atomic E-state index is 0.406. The van der Waals surface area contributed by atoms with E-state index in [1.54, 1.807) is 7.11 Å². The Labute approximate surface area is 200 Å². The van der Waals surface area contributed by atoms with Gasteiger partial charge in [0.15, 0.2) is 5.11 Å². The van der Waals surface area contributed by atoms with E-state index in [1.165, 1.54) is 6.42 Å². The van der Waals surface area contributed by atoms with Gasteiger partial charge in [-0.15, -0.1) is 0 Å². The van der Waals surface area contributed by atoms with Gasteiger partial charge in [0.2, 0.25) is 11.8 Å². The van der Waals surface area contributed by atoms with Crippen molar-refractivity contribution in [2.45, 2.75) is 26.3 Å². The number of anilines is 2. The molecule has 2 aromatic carbocycles. The molecule has 7 nitrogen and oxygen atoms in total. The fourth-order valence-electron chi connectivity index (χ4n) is 3.76. The monoisotopic (exact) mass is 463 g/mol.